The lowest BCUT2D eigenvalue weighted by molar-refractivity contribution is 0.123. The van der Waals surface area contributed by atoms with E-state index in [1.54, 1.807) is 102 Å². The number of hydrogen-bond donors (Lipinski definition) is 0. The van der Waals surface area contributed by atoms with Gasteiger partial charge in [-0.2, -0.15) is 0 Å². The average Bonchev–Trinajstić information content (AvgIpc) is 2.72. The molecule has 0 aromatic carbocycles. The van der Waals surface area contributed by atoms with Gasteiger partial charge >= 0.3 is 17.6 Å². The second-order valence-corrected chi connectivity index (χ2v) is 25.0. The predicted molar refractivity (Wildman–Crippen MR) is 143 cm³/mol. The molecule has 170 valence electrons. The fraction of sp³-hybridized carbons (Fsp3) is 1.00. The van der Waals surface area contributed by atoms with E-state index in [1.165, 1.54) is 0 Å². The maximum Gasteiger partial charge on any atom is 0.501 e. The van der Waals surface area contributed by atoms with Crippen molar-refractivity contribution >= 4 is 98.2 Å². The molecular weight excluding hydrogens is 553 g/mol. The van der Waals surface area contributed by atoms with Crippen molar-refractivity contribution < 1.29 is 26.6 Å². The largest absolute Gasteiger partial charge is 0.501 e. The third-order valence-electron chi connectivity index (χ3n) is 3.49. The van der Waals surface area contributed by atoms with E-state index in [9.17, 15) is 0 Å². The molecule has 0 saturated heterocycles. The molecule has 0 saturated carbocycles. The summed E-state index contributed by atoms with van der Waals surface area (Å²) in [5, 5.41) is 0.777. The Kier molecular flexibility index (Phi) is 20.4. The van der Waals surface area contributed by atoms with Gasteiger partial charge in [0.1, 0.15) is 0 Å². The van der Waals surface area contributed by atoms with Crippen molar-refractivity contribution in [1.82, 2.24) is 0 Å². The van der Waals surface area contributed by atoms with Crippen LogP contribution in [-0.4, -0.2) is 70.8 Å². The van der Waals surface area contributed by atoms with Crippen LogP contribution in [0.3, 0.4) is 0 Å². The summed E-state index contributed by atoms with van der Waals surface area (Å²) in [6, 6.07) is 1.59. The van der Waals surface area contributed by atoms with E-state index in [0.717, 1.165) is 12.1 Å². The Labute approximate surface area is 202 Å². The SMILES string of the molecule is CO[Si](CC(C)SSSSSSSSC(C)C[Si](OC)(OC)OC)(OC)OC. The van der Waals surface area contributed by atoms with Crippen LogP contribution in [0, 0.1) is 0 Å². The van der Waals surface area contributed by atoms with Gasteiger partial charge in [-0.25, -0.2) is 0 Å². The molecule has 0 heterocycles. The Morgan fingerprint density at radius 1 is 0.500 bits per heavy atom. The lowest BCUT2D eigenvalue weighted by Gasteiger charge is -2.26. The smallest absolute Gasteiger partial charge is 0.377 e. The van der Waals surface area contributed by atoms with Gasteiger partial charge in [-0.3, -0.25) is 0 Å². The van der Waals surface area contributed by atoms with Crippen molar-refractivity contribution in [2.75, 3.05) is 42.7 Å². The minimum absolute atomic E-state index is 0.389. The summed E-state index contributed by atoms with van der Waals surface area (Å²) >= 11 is 0. The molecule has 0 aromatic rings. The van der Waals surface area contributed by atoms with Crippen LogP contribution < -0.4 is 0 Å². The molecule has 2 unspecified atom stereocenters. The van der Waals surface area contributed by atoms with Gasteiger partial charge in [0, 0.05) is 65.2 Å². The Hall–Kier alpha value is 2.99. The Morgan fingerprint density at radius 2 is 0.750 bits per heavy atom. The molecule has 0 bridgehead atoms. The van der Waals surface area contributed by atoms with Crippen molar-refractivity contribution in [2.24, 2.45) is 0 Å². The molecular formula is C12H30O6S8Si2. The molecule has 0 radical (unpaired) electrons. The van der Waals surface area contributed by atoms with E-state index >= 15 is 0 Å². The Bertz CT molecular complexity index is 333. The molecule has 0 aliphatic carbocycles. The van der Waals surface area contributed by atoms with Crippen LogP contribution in [0.5, 0.6) is 0 Å². The molecule has 28 heavy (non-hydrogen) atoms. The fourth-order valence-corrected chi connectivity index (χ4v) is 25.4. The minimum atomic E-state index is -2.49. The lowest BCUT2D eigenvalue weighted by atomic mass is 10.6. The molecule has 6 nitrogen and oxygen atoms in total. The summed E-state index contributed by atoms with van der Waals surface area (Å²) in [5.41, 5.74) is 0. The van der Waals surface area contributed by atoms with Gasteiger partial charge in [0.05, 0.1) is 0 Å². The van der Waals surface area contributed by atoms with Crippen molar-refractivity contribution in [1.29, 1.82) is 0 Å². The molecule has 0 aromatic heterocycles. The highest BCUT2D eigenvalue weighted by molar-refractivity contribution is 9.48. The maximum absolute atomic E-state index is 5.48. The van der Waals surface area contributed by atoms with Crippen LogP contribution in [0.4, 0.5) is 0 Å². The highest BCUT2D eigenvalue weighted by Crippen LogP contribution is 2.58. The molecule has 0 fully saturated rings. The Morgan fingerprint density at radius 3 is 1.00 bits per heavy atom. The van der Waals surface area contributed by atoms with Gasteiger partial charge in [0.15, 0.2) is 0 Å². The molecule has 16 heteroatoms. The van der Waals surface area contributed by atoms with Crippen molar-refractivity contribution in [2.45, 2.75) is 36.4 Å². The quantitative estimate of drug-likeness (QED) is 0.0912. The van der Waals surface area contributed by atoms with Crippen LogP contribution in [0.15, 0.2) is 0 Å². The summed E-state index contributed by atoms with van der Waals surface area (Å²) in [4.78, 5) is 0. The first-order valence-corrected chi connectivity index (χ1v) is 22.1. The number of rotatable bonds is 19. The standard InChI is InChI=1S/C12H30O6S8Si2/c1-11(9-27(13-3,14-4)15-5)19-21-23-25-26-24-22-20-12(2)10-28(16-6,17-7)18-8/h11-12H,9-10H2,1-8H3. The molecule has 2 atom stereocenters. The fourth-order valence-electron chi connectivity index (χ4n) is 1.98. The van der Waals surface area contributed by atoms with E-state index in [1.807, 2.05) is 21.6 Å². The molecule has 0 aliphatic heterocycles. The van der Waals surface area contributed by atoms with E-state index in [2.05, 4.69) is 13.8 Å². The molecule has 0 aliphatic rings. The maximum atomic E-state index is 5.48. The Balaban J connectivity index is 3.79. The minimum Gasteiger partial charge on any atom is -0.377 e. The third-order valence-corrected chi connectivity index (χ3v) is 26.2. The zero-order valence-electron chi connectivity index (χ0n) is 17.3. The highest BCUT2D eigenvalue weighted by atomic mass is 34.0. The van der Waals surface area contributed by atoms with Crippen molar-refractivity contribution in [3.63, 3.8) is 0 Å². The first-order valence-electron chi connectivity index (χ1n) is 7.99. The van der Waals surface area contributed by atoms with Crippen LogP contribution in [0.1, 0.15) is 13.8 Å². The summed E-state index contributed by atoms with van der Waals surface area (Å²) < 4.78 is 32.9. The number of hydrogen-bond acceptors (Lipinski definition) is 14. The highest BCUT2D eigenvalue weighted by Gasteiger charge is 2.40. The monoisotopic (exact) mass is 582 g/mol. The van der Waals surface area contributed by atoms with Gasteiger partial charge in [-0.15, -0.1) is 0 Å². The van der Waals surface area contributed by atoms with Gasteiger partial charge < -0.3 is 26.6 Å². The first-order chi connectivity index (χ1) is 13.4. The van der Waals surface area contributed by atoms with Gasteiger partial charge in [0.25, 0.3) is 0 Å². The van der Waals surface area contributed by atoms with E-state index in [0.29, 0.717) is 10.5 Å². The summed E-state index contributed by atoms with van der Waals surface area (Å²) in [6.07, 6.45) is 0. The van der Waals surface area contributed by atoms with Crippen molar-refractivity contribution in [3.8, 4) is 0 Å². The van der Waals surface area contributed by atoms with E-state index in [-0.39, 0.29) is 0 Å². The van der Waals surface area contributed by atoms with Crippen molar-refractivity contribution in [3.05, 3.63) is 0 Å². The topological polar surface area (TPSA) is 55.4 Å². The zero-order valence-corrected chi connectivity index (χ0v) is 25.8. The zero-order chi connectivity index (χ0) is 21.5. The molecule has 0 rings (SSSR count). The summed E-state index contributed by atoms with van der Waals surface area (Å²) in [6.45, 7) is 4.34. The van der Waals surface area contributed by atoms with Crippen LogP contribution >= 0.6 is 80.5 Å². The normalized spacial score (nSPS) is 15.0. The first kappa shape index (κ1) is 31.0. The van der Waals surface area contributed by atoms with Crippen LogP contribution in [-0.2, 0) is 26.6 Å². The molecule has 0 N–H and O–H groups in total. The van der Waals surface area contributed by atoms with Gasteiger partial charge in [-0.1, -0.05) is 35.4 Å². The predicted octanol–water partition coefficient (Wildman–Crippen LogP) is 6.79. The second kappa shape index (κ2) is 18.4. The van der Waals surface area contributed by atoms with E-state index < -0.39 is 17.6 Å². The second-order valence-electron chi connectivity index (χ2n) is 5.22. The van der Waals surface area contributed by atoms with Crippen LogP contribution in [0.2, 0.25) is 12.1 Å². The summed E-state index contributed by atoms with van der Waals surface area (Å²) in [7, 11) is 19.2. The summed E-state index contributed by atoms with van der Waals surface area (Å²) in [5.74, 6) is 0. The molecule has 0 spiro atoms. The molecule has 0 amide bonds. The average molecular weight is 583 g/mol. The lowest BCUT2D eigenvalue weighted by Crippen LogP contribution is -2.44. The van der Waals surface area contributed by atoms with Gasteiger partial charge in [-0.05, 0) is 59.0 Å². The van der Waals surface area contributed by atoms with Crippen LogP contribution in [0.25, 0.3) is 0 Å². The van der Waals surface area contributed by atoms with Gasteiger partial charge in [0.2, 0.25) is 0 Å². The third kappa shape index (κ3) is 12.9. The van der Waals surface area contributed by atoms with E-state index in [4.69, 9.17) is 26.6 Å².